The highest BCUT2D eigenvalue weighted by Crippen LogP contribution is 2.33. The molecule has 3 aromatic rings. The zero-order valence-electron chi connectivity index (χ0n) is 16.4. The van der Waals surface area contributed by atoms with Gasteiger partial charge in [0.05, 0.1) is 5.56 Å². The van der Waals surface area contributed by atoms with E-state index < -0.39 is 5.97 Å². The SMILES string of the molecule is O=C(O/N=C(\CC1CC1)C(=O)c1ccc(Sc2ccccc2)cc1)c1ccccc1. The summed E-state index contributed by atoms with van der Waals surface area (Å²) in [5, 5.41) is 3.96. The summed E-state index contributed by atoms with van der Waals surface area (Å²) in [6.07, 6.45) is 2.68. The molecule has 4 rings (SSSR count). The molecular formula is C25H21NO3S. The fourth-order valence-electron chi connectivity index (χ4n) is 2.96. The van der Waals surface area contributed by atoms with Gasteiger partial charge in [0.1, 0.15) is 5.71 Å². The van der Waals surface area contributed by atoms with E-state index in [4.69, 9.17) is 4.84 Å². The van der Waals surface area contributed by atoms with Gasteiger partial charge in [-0.1, -0.05) is 53.3 Å². The number of benzene rings is 3. The lowest BCUT2D eigenvalue weighted by atomic mass is 10.0. The van der Waals surface area contributed by atoms with E-state index in [2.05, 4.69) is 5.16 Å². The summed E-state index contributed by atoms with van der Waals surface area (Å²) in [7, 11) is 0. The van der Waals surface area contributed by atoms with Crippen molar-refractivity contribution in [2.45, 2.75) is 29.1 Å². The normalized spacial score (nSPS) is 13.7. The van der Waals surface area contributed by atoms with Crippen molar-refractivity contribution in [2.24, 2.45) is 11.1 Å². The molecular weight excluding hydrogens is 394 g/mol. The molecule has 1 saturated carbocycles. The molecule has 0 bridgehead atoms. The predicted octanol–water partition coefficient (Wildman–Crippen LogP) is 6.03. The van der Waals surface area contributed by atoms with E-state index in [-0.39, 0.29) is 5.78 Å². The number of carbonyl (C=O) groups is 2. The molecule has 0 heterocycles. The van der Waals surface area contributed by atoms with E-state index in [1.807, 2.05) is 48.5 Å². The molecule has 0 amide bonds. The molecule has 1 aliphatic carbocycles. The van der Waals surface area contributed by atoms with Gasteiger partial charge < -0.3 is 4.84 Å². The Bertz CT molecular complexity index is 1040. The first-order valence-corrected chi connectivity index (χ1v) is 10.7. The number of nitrogens with zero attached hydrogens (tertiary/aromatic N) is 1. The van der Waals surface area contributed by atoms with Gasteiger partial charge in [0.2, 0.25) is 5.78 Å². The monoisotopic (exact) mass is 415 g/mol. The van der Waals surface area contributed by atoms with Crippen LogP contribution in [0.3, 0.4) is 0 Å². The fourth-order valence-corrected chi connectivity index (χ4v) is 3.79. The molecule has 5 heteroatoms. The maximum absolute atomic E-state index is 13.0. The third kappa shape index (κ3) is 5.45. The highest BCUT2D eigenvalue weighted by Gasteiger charge is 2.27. The Morgan fingerprint density at radius 3 is 2.03 bits per heavy atom. The third-order valence-corrected chi connectivity index (χ3v) is 5.80. The summed E-state index contributed by atoms with van der Waals surface area (Å²) in [5.74, 6) is -0.318. The van der Waals surface area contributed by atoms with Gasteiger partial charge >= 0.3 is 5.97 Å². The van der Waals surface area contributed by atoms with Crippen LogP contribution in [0, 0.1) is 5.92 Å². The maximum atomic E-state index is 13.0. The largest absolute Gasteiger partial charge is 0.365 e. The molecule has 0 saturated heterocycles. The Morgan fingerprint density at radius 2 is 1.40 bits per heavy atom. The number of rotatable bonds is 8. The summed E-state index contributed by atoms with van der Waals surface area (Å²) in [6.45, 7) is 0. The van der Waals surface area contributed by atoms with Crippen LogP contribution in [-0.2, 0) is 4.84 Å². The number of hydrogen-bond donors (Lipinski definition) is 0. The first kappa shape index (κ1) is 20.1. The minimum absolute atomic E-state index is 0.195. The predicted molar refractivity (Wildman–Crippen MR) is 118 cm³/mol. The molecule has 30 heavy (non-hydrogen) atoms. The molecule has 3 aromatic carbocycles. The molecule has 0 aliphatic heterocycles. The van der Waals surface area contributed by atoms with Crippen LogP contribution in [0.2, 0.25) is 0 Å². The van der Waals surface area contributed by atoms with Crippen LogP contribution in [0.5, 0.6) is 0 Å². The maximum Gasteiger partial charge on any atom is 0.365 e. The zero-order valence-corrected chi connectivity index (χ0v) is 17.2. The first-order chi connectivity index (χ1) is 14.7. The van der Waals surface area contributed by atoms with E-state index in [0.717, 1.165) is 22.6 Å². The molecule has 4 nitrogen and oxygen atoms in total. The topological polar surface area (TPSA) is 55.7 Å². The first-order valence-electron chi connectivity index (χ1n) is 9.90. The molecule has 0 spiro atoms. The number of Topliss-reactive ketones (excluding diaryl/α,β-unsaturated/α-hetero) is 1. The van der Waals surface area contributed by atoms with Crippen molar-refractivity contribution in [3.8, 4) is 0 Å². The minimum atomic E-state index is -0.564. The van der Waals surface area contributed by atoms with Crippen molar-refractivity contribution in [2.75, 3.05) is 0 Å². The van der Waals surface area contributed by atoms with E-state index >= 15 is 0 Å². The fraction of sp³-hybridized carbons (Fsp3) is 0.160. The van der Waals surface area contributed by atoms with Crippen molar-refractivity contribution >= 4 is 29.2 Å². The quantitative estimate of drug-likeness (QED) is 0.195. The lowest BCUT2D eigenvalue weighted by Gasteiger charge is -2.07. The Morgan fingerprint density at radius 1 is 0.800 bits per heavy atom. The van der Waals surface area contributed by atoms with Gasteiger partial charge in [-0.25, -0.2) is 4.79 Å². The number of hydrogen-bond acceptors (Lipinski definition) is 5. The second-order valence-electron chi connectivity index (χ2n) is 7.20. The van der Waals surface area contributed by atoms with Gasteiger partial charge in [0.25, 0.3) is 0 Å². The summed E-state index contributed by atoms with van der Waals surface area (Å²) in [6, 6.07) is 26.2. The van der Waals surface area contributed by atoms with Gasteiger partial charge in [-0.05, 0) is 73.7 Å². The van der Waals surface area contributed by atoms with Crippen molar-refractivity contribution < 1.29 is 14.4 Å². The van der Waals surface area contributed by atoms with E-state index in [0.29, 0.717) is 29.2 Å². The van der Waals surface area contributed by atoms with E-state index in [9.17, 15) is 9.59 Å². The van der Waals surface area contributed by atoms with Crippen molar-refractivity contribution in [1.82, 2.24) is 0 Å². The van der Waals surface area contributed by atoms with Gasteiger partial charge in [0, 0.05) is 15.4 Å². The third-order valence-electron chi connectivity index (χ3n) is 4.78. The summed E-state index contributed by atoms with van der Waals surface area (Å²) < 4.78 is 0. The Hall–Kier alpha value is -3.18. The van der Waals surface area contributed by atoms with E-state index in [1.165, 1.54) is 0 Å². The second kappa shape index (κ2) is 9.55. The van der Waals surface area contributed by atoms with Crippen LogP contribution in [0.25, 0.3) is 0 Å². The summed E-state index contributed by atoms with van der Waals surface area (Å²) in [4.78, 5) is 32.5. The molecule has 0 unspecified atom stereocenters. The lowest BCUT2D eigenvalue weighted by Crippen LogP contribution is -2.17. The van der Waals surface area contributed by atoms with Crippen LogP contribution in [0.4, 0.5) is 0 Å². The summed E-state index contributed by atoms with van der Waals surface area (Å²) in [5.41, 5.74) is 1.24. The zero-order chi connectivity index (χ0) is 20.8. The van der Waals surface area contributed by atoms with Crippen molar-refractivity contribution in [3.63, 3.8) is 0 Å². The molecule has 0 N–H and O–H groups in total. The lowest BCUT2D eigenvalue weighted by molar-refractivity contribution is 0.0514. The molecule has 0 radical (unpaired) electrons. The van der Waals surface area contributed by atoms with Gasteiger partial charge in [0.15, 0.2) is 0 Å². The minimum Gasteiger partial charge on any atom is -0.312 e. The van der Waals surface area contributed by atoms with Crippen LogP contribution >= 0.6 is 11.8 Å². The average Bonchev–Trinajstić information content (AvgIpc) is 3.62. The second-order valence-corrected chi connectivity index (χ2v) is 8.35. The molecule has 0 atom stereocenters. The van der Waals surface area contributed by atoms with Gasteiger partial charge in [-0.2, -0.15) is 0 Å². The highest BCUT2D eigenvalue weighted by molar-refractivity contribution is 7.99. The van der Waals surface area contributed by atoms with Crippen molar-refractivity contribution in [3.05, 3.63) is 96.1 Å². The Labute approximate surface area is 180 Å². The van der Waals surface area contributed by atoms with Gasteiger partial charge in [-0.15, -0.1) is 0 Å². The average molecular weight is 416 g/mol. The van der Waals surface area contributed by atoms with Crippen molar-refractivity contribution in [1.29, 1.82) is 0 Å². The highest BCUT2D eigenvalue weighted by atomic mass is 32.2. The van der Waals surface area contributed by atoms with E-state index in [1.54, 1.807) is 48.2 Å². The van der Waals surface area contributed by atoms with Crippen LogP contribution in [0.1, 0.15) is 40.0 Å². The molecule has 150 valence electrons. The smallest absolute Gasteiger partial charge is 0.312 e. The van der Waals surface area contributed by atoms with Crippen LogP contribution in [0.15, 0.2) is 99.9 Å². The molecule has 1 fully saturated rings. The number of ketones is 1. The number of carbonyl (C=O) groups excluding carboxylic acids is 2. The van der Waals surface area contributed by atoms with Gasteiger partial charge in [-0.3, -0.25) is 4.79 Å². The molecule has 1 aliphatic rings. The molecule has 0 aromatic heterocycles. The Kier molecular flexibility index (Phi) is 6.40. The van der Waals surface area contributed by atoms with Crippen LogP contribution in [-0.4, -0.2) is 17.5 Å². The van der Waals surface area contributed by atoms with Crippen LogP contribution < -0.4 is 0 Å². The standard InChI is InChI=1S/C25H21NO3S/c27-24(19-13-15-22(16-14-19)30-21-9-5-2-6-10-21)23(17-18-11-12-18)26-29-25(28)20-7-3-1-4-8-20/h1-10,13-16,18H,11-12,17H2/b26-23+. The summed E-state index contributed by atoms with van der Waals surface area (Å²) >= 11 is 1.64. The Balaban J connectivity index is 1.46. The number of oxime groups is 1.